The van der Waals surface area contributed by atoms with E-state index in [1.807, 2.05) is 13.2 Å². The molecule has 182 valence electrons. The quantitative estimate of drug-likeness (QED) is 0.712. The van der Waals surface area contributed by atoms with E-state index in [1.54, 1.807) is 11.0 Å². The number of urea groups is 1. The summed E-state index contributed by atoms with van der Waals surface area (Å²) in [4.78, 5) is 26.2. The summed E-state index contributed by atoms with van der Waals surface area (Å²) in [6.07, 6.45) is 4.38. The number of likely N-dealkylation sites (tertiary alicyclic amines) is 1. The number of likely N-dealkylation sites (N-methyl/N-ethyl adjacent to an activating group) is 1. The van der Waals surface area contributed by atoms with E-state index in [0.29, 0.717) is 50.2 Å². The second-order valence-electron chi connectivity index (χ2n) is 9.43. The maximum absolute atomic E-state index is 13.8. The van der Waals surface area contributed by atoms with Crippen LogP contribution in [0.4, 0.5) is 19.5 Å². The van der Waals surface area contributed by atoms with Crippen LogP contribution in [0, 0.1) is 11.6 Å². The molecule has 2 N–H and O–H groups in total. The normalized spacial score (nSPS) is 23.6. The fourth-order valence-electron chi connectivity index (χ4n) is 5.05. The number of hydrogen-bond donors (Lipinski definition) is 2. The number of ether oxygens (including phenoxy) is 1. The van der Waals surface area contributed by atoms with Crippen molar-refractivity contribution in [1.82, 2.24) is 25.1 Å². The summed E-state index contributed by atoms with van der Waals surface area (Å²) >= 11 is 0. The van der Waals surface area contributed by atoms with Crippen molar-refractivity contribution in [3.8, 4) is 0 Å². The van der Waals surface area contributed by atoms with Crippen molar-refractivity contribution in [3.63, 3.8) is 0 Å². The lowest BCUT2D eigenvalue weighted by Gasteiger charge is -2.31. The Hall–Kier alpha value is -2.85. The highest BCUT2D eigenvalue weighted by atomic mass is 19.2. The van der Waals surface area contributed by atoms with Gasteiger partial charge in [0.2, 0.25) is 5.95 Å². The van der Waals surface area contributed by atoms with E-state index >= 15 is 0 Å². The summed E-state index contributed by atoms with van der Waals surface area (Å²) < 4.78 is 32.6. The minimum Gasteiger partial charge on any atom is -0.381 e. The van der Waals surface area contributed by atoms with Crippen molar-refractivity contribution in [2.75, 3.05) is 45.2 Å². The first-order chi connectivity index (χ1) is 16.5. The van der Waals surface area contributed by atoms with Crippen LogP contribution in [-0.2, 0) is 17.7 Å². The number of benzene rings is 1. The summed E-state index contributed by atoms with van der Waals surface area (Å²) in [6, 6.07) is 3.91. The van der Waals surface area contributed by atoms with Crippen LogP contribution in [0.15, 0.2) is 24.4 Å². The Morgan fingerprint density at radius 2 is 2.00 bits per heavy atom. The van der Waals surface area contributed by atoms with E-state index in [4.69, 9.17) is 9.72 Å². The number of aromatic nitrogens is 2. The van der Waals surface area contributed by atoms with Crippen LogP contribution in [0.25, 0.3) is 0 Å². The summed E-state index contributed by atoms with van der Waals surface area (Å²) in [5.41, 5.74) is 2.60. The smallest absolute Gasteiger partial charge is 0.318 e. The van der Waals surface area contributed by atoms with Gasteiger partial charge in [0.1, 0.15) is 0 Å². The minimum absolute atomic E-state index is 0.112. The molecule has 5 rings (SSSR count). The van der Waals surface area contributed by atoms with E-state index in [-0.39, 0.29) is 18.0 Å². The van der Waals surface area contributed by atoms with Crippen LogP contribution >= 0.6 is 0 Å². The molecule has 0 unspecified atom stereocenters. The lowest BCUT2D eigenvalue weighted by atomic mass is 9.94. The molecule has 1 aromatic heterocycles. The summed E-state index contributed by atoms with van der Waals surface area (Å²) in [7, 11) is 1.96. The fraction of sp³-hybridized carbons (Fsp3) is 0.542. The minimum atomic E-state index is -0.866. The molecule has 4 heterocycles. The van der Waals surface area contributed by atoms with E-state index in [1.165, 1.54) is 6.07 Å². The molecule has 2 fully saturated rings. The predicted molar refractivity (Wildman–Crippen MR) is 123 cm³/mol. The number of hydrogen-bond acceptors (Lipinski definition) is 6. The highest BCUT2D eigenvalue weighted by Crippen LogP contribution is 2.28. The Morgan fingerprint density at radius 3 is 2.79 bits per heavy atom. The van der Waals surface area contributed by atoms with Gasteiger partial charge in [0.25, 0.3) is 0 Å². The predicted octanol–water partition coefficient (Wildman–Crippen LogP) is 2.51. The number of carbonyl (C=O) groups excluding carboxylic acids is 1. The molecule has 3 aliphatic heterocycles. The Labute approximate surface area is 197 Å². The maximum Gasteiger partial charge on any atom is 0.318 e. The number of nitrogens with zero attached hydrogens (tertiary/aromatic N) is 4. The van der Waals surface area contributed by atoms with Crippen molar-refractivity contribution >= 4 is 12.0 Å². The second-order valence-corrected chi connectivity index (χ2v) is 9.43. The number of amides is 2. The van der Waals surface area contributed by atoms with Gasteiger partial charge in [-0.3, -0.25) is 0 Å². The van der Waals surface area contributed by atoms with Crippen molar-refractivity contribution < 1.29 is 18.3 Å². The molecule has 0 spiro atoms. The van der Waals surface area contributed by atoms with Crippen molar-refractivity contribution in [2.24, 2.45) is 0 Å². The van der Waals surface area contributed by atoms with Gasteiger partial charge in [0.05, 0.1) is 18.3 Å². The molecular formula is C24H30F2N6O2. The van der Waals surface area contributed by atoms with Gasteiger partial charge < -0.3 is 25.2 Å². The van der Waals surface area contributed by atoms with Gasteiger partial charge in [0.15, 0.2) is 11.6 Å². The number of halogens is 2. The zero-order chi connectivity index (χ0) is 23.7. The van der Waals surface area contributed by atoms with Crippen LogP contribution in [-0.4, -0.2) is 77.8 Å². The van der Waals surface area contributed by atoms with Gasteiger partial charge >= 0.3 is 6.03 Å². The van der Waals surface area contributed by atoms with Gasteiger partial charge in [-0.25, -0.2) is 23.5 Å². The van der Waals surface area contributed by atoms with Crippen molar-refractivity contribution in [3.05, 3.63) is 52.9 Å². The molecule has 0 bridgehead atoms. The Kier molecular flexibility index (Phi) is 6.60. The van der Waals surface area contributed by atoms with E-state index in [0.717, 1.165) is 43.4 Å². The summed E-state index contributed by atoms with van der Waals surface area (Å²) in [6.45, 7) is 3.75. The number of fused-ring (bicyclic) bond motifs is 1. The lowest BCUT2D eigenvalue weighted by molar-refractivity contribution is 0.0903. The lowest BCUT2D eigenvalue weighted by Crippen LogP contribution is -2.49. The standard InChI is InChI=1S/C24H30F2N6O2/c1-31-12-18(15-2-3-19(25)20(26)10-15)22(13-31)30-24(33)32-7-4-16-11-27-23(29-21(16)14-32)28-17-5-8-34-9-6-17/h2-3,10-11,17-18,22H,4-9,12-14H2,1H3,(H,30,33)(H,27,28,29)/t18-,22-/m1/s1. The van der Waals surface area contributed by atoms with E-state index in [2.05, 4.69) is 20.5 Å². The van der Waals surface area contributed by atoms with Gasteiger partial charge in [-0.15, -0.1) is 0 Å². The highest BCUT2D eigenvalue weighted by molar-refractivity contribution is 5.75. The van der Waals surface area contributed by atoms with E-state index < -0.39 is 11.6 Å². The van der Waals surface area contributed by atoms with E-state index in [9.17, 15) is 13.6 Å². The van der Waals surface area contributed by atoms with Crippen molar-refractivity contribution in [1.29, 1.82) is 0 Å². The van der Waals surface area contributed by atoms with Crippen LogP contribution in [0.2, 0.25) is 0 Å². The number of carbonyl (C=O) groups is 1. The van der Waals surface area contributed by atoms with Gasteiger partial charge in [-0.1, -0.05) is 6.07 Å². The third kappa shape index (κ3) is 4.97. The molecule has 3 aliphatic rings. The molecule has 2 saturated heterocycles. The average Bonchev–Trinajstić information content (AvgIpc) is 3.20. The first-order valence-electron chi connectivity index (χ1n) is 11.8. The topological polar surface area (TPSA) is 82.6 Å². The SMILES string of the molecule is CN1C[C@H](c2ccc(F)c(F)c2)[C@H](NC(=O)N2CCc3cnc(NC4CCOCC4)nc3C2)C1. The maximum atomic E-state index is 13.8. The third-order valence-electron chi connectivity index (χ3n) is 6.97. The van der Waals surface area contributed by atoms with Crippen LogP contribution < -0.4 is 10.6 Å². The molecule has 8 nitrogen and oxygen atoms in total. The Bertz CT molecular complexity index is 1050. The first-order valence-corrected chi connectivity index (χ1v) is 11.8. The molecule has 2 amide bonds. The van der Waals surface area contributed by atoms with Gasteiger partial charge in [0, 0.05) is 51.0 Å². The molecule has 34 heavy (non-hydrogen) atoms. The van der Waals surface area contributed by atoms with Crippen molar-refractivity contribution in [2.45, 2.75) is 43.8 Å². The second kappa shape index (κ2) is 9.79. The zero-order valence-corrected chi connectivity index (χ0v) is 19.3. The molecule has 2 aromatic rings. The molecule has 0 aliphatic carbocycles. The third-order valence-corrected chi connectivity index (χ3v) is 6.97. The fourth-order valence-corrected chi connectivity index (χ4v) is 5.05. The summed E-state index contributed by atoms with van der Waals surface area (Å²) in [5.74, 6) is -1.26. The molecule has 2 atom stereocenters. The molecule has 1 aromatic carbocycles. The molecular weight excluding hydrogens is 442 g/mol. The zero-order valence-electron chi connectivity index (χ0n) is 19.3. The monoisotopic (exact) mass is 472 g/mol. The first kappa shape index (κ1) is 22.9. The van der Waals surface area contributed by atoms with Crippen LogP contribution in [0.1, 0.15) is 35.6 Å². The highest BCUT2D eigenvalue weighted by Gasteiger charge is 2.35. The number of anilines is 1. The Morgan fingerprint density at radius 1 is 1.18 bits per heavy atom. The molecule has 10 heteroatoms. The molecule has 0 radical (unpaired) electrons. The average molecular weight is 473 g/mol. The molecule has 0 saturated carbocycles. The number of nitrogens with one attached hydrogen (secondary N) is 2. The summed E-state index contributed by atoms with van der Waals surface area (Å²) in [5, 5.41) is 6.52. The number of rotatable bonds is 4. The largest absolute Gasteiger partial charge is 0.381 e. The van der Waals surface area contributed by atoms with Gasteiger partial charge in [-0.2, -0.15) is 0 Å². The van der Waals surface area contributed by atoms with Crippen LogP contribution in [0.5, 0.6) is 0 Å². The van der Waals surface area contributed by atoms with Gasteiger partial charge in [-0.05, 0) is 49.6 Å². The van der Waals surface area contributed by atoms with Crippen LogP contribution in [0.3, 0.4) is 0 Å². The Balaban J connectivity index is 1.24.